The Labute approximate surface area is 285 Å². The molecule has 47 heavy (non-hydrogen) atoms. The zero-order valence-corrected chi connectivity index (χ0v) is 29.3. The number of anilines is 1. The average Bonchev–Trinajstić information content (AvgIpc) is 3.70. The molecular weight excluding hydrogens is 615 g/mol. The highest BCUT2D eigenvalue weighted by Crippen LogP contribution is 2.47. The number of hydrogen-bond donors (Lipinski definition) is 1. The van der Waals surface area contributed by atoms with Crippen LogP contribution < -0.4 is 15.0 Å². The van der Waals surface area contributed by atoms with Crippen LogP contribution in [-0.2, 0) is 9.59 Å². The number of nitrogens with one attached hydrogen (secondary N) is 1. The van der Waals surface area contributed by atoms with Crippen molar-refractivity contribution in [2.24, 2.45) is 17.8 Å². The number of carbonyl (C=O) groups excluding carboxylic acids is 2. The highest BCUT2D eigenvalue weighted by Gasteiger charge is 2.57. The molecule has 0 spiro atoms. The van der Waals surface area contributed by atoms with Gasteiger partial charge in [-0.05, 0) is 85.8 Å². The fraction of sp³-hybridized carbons (Fsp3) is 0.632. The molecule has 1 saturated carbocycles. The summed E-state index contributed by atoms with van der Waals surface area (Å²) in [5.74, 6) is 0.935. The largest absolute Gasteiger partial charge is 0.497 e. The number of hydrogen-bond acceptors (Lipinski definition) is 5. The predicted molar refractivity (Wildman–Crippen MR) is 186 cm³/mol. The van der Waals surface area contributed by atoms with Gasteiger partial charge in [-0.25, -0.2) is 4.39 Å². The van der Waals surface area contributed by atoms with Crippen molar-refractivity contribution in [2.75, 3.05) is 58.3 Å². The zero-order chi connectivity index (χ0) is 33.3. The van der Waals surface area contributed by atoms with Crippen molar-refractivity contribution in [3.63, 3.8) is 0 Å². The monoisotopic (exact) mass is 666 g/mol. The second kappa shape index (κ2) is 14.3. The van der Waals surface area contributed by atoms with Crippen molar-refractivity contribution in [3.05, 3.63) is 58.6 Å². The van der Waals surface area contributed by atoms with Crippen LogP contribution >= 0.6 is 11.6 Å². The standard InChI is InChI=1S/C38H52ClFN4O3/c1-5-26-21-43(22-33(26)32-15-10-29(39)20-35(32)42-18-16-28(17-19-42)36(45)41-3)37(46)38(40)24-44(30-11-6-25(2)7-12-30)23-34(38)27-8-13-31(47-4)14-9-27/h8-10,13-15,20,25-26,28,30,33-34H,5-7,11-12,16-19,21-24H2,1-4H3,(H,41,45)/t25?,26-,30?,33-,34-,38-/m0/s1. The summed E-state index contributed by atoms with van der Waals surface area (Å²) >= 11 is 6.56. The maximum Gasteiger partial charge on any atom is 0.262 e. The van der Waals surface area contributed by atoms with Gasteiger partial charge in [0.05, 0.1) is 7.11 Å². The second-order valence-corrected chi connectivity index (χ2v) is 15.0. The number of alkyl halides is 1. The van der Waals surface area contributed by atoms with Gasteiger partial charge in [-0.15, -0.1) is 0 Å². The van der Waals surface area contributed by atoms with Crippen LogP contribution in [0.2, 0.25) is 5.02 Å². The molecule has 0 aromatic heterocycles. The third kappa shape index (κ3) is 6.87. The molecular formula is C38H52ClFN4O3. The molecule has 2 aromatic carbocycles. The lowest BCUT2D eigenvalue weighted by atomic mass is 9.85. The molecule has 3 aliphatic heterocycles. The molecule has 3 heterocycles. The lowest BCUT2D eigenvalue weighted by Gasteiger charge is -2.35. The predicted octanol–water partition coefficient (Wildman–Crippen LogP) is 6.65. The Hall–Kier alpha value is -2.84. The number of halogens is 2. The van der Waals surface area contributed by atoms with Crippen LogP contribution in [0.5, 0.6) is 5.75 Å². The molecule has 2 amide bonds. The molecule has 4 fully saturated rings. The Balaban J connectivity index is 1.25. The van der Waals surface area contributed by atoms with Gasteiger partial charge in [0.1, 0.15) is 5.75 Å². The summed E-state index contributed by atoms with van der Waals surface area (Å²) in [6.45, 7) is 7.74. The quantitative estimate of drug-likeness (QED) is 0.342. The summed E-state index contributed by atoms with van der Waals surface area (Å²) in [6, 6.07) is 14.0. The Morgan fingerprint density at radius 3 is 2.34 bits per heavy atom. The number of likely N-dealkylation sites (tertiary alicyclic amines) is 2. The van der Waals surface area contributed by atoms with Crippen molar-refractivity contribution >= 4 is 29.1 Å². The van der Waals surface area contributed by atoms with E-state index >= 15 is 4.39 Å². The highest BCUT2D eigenvalue weighted by atomic mass is 35.5. The van der Waals surface area contributed by atoms with E-state index in [9.17, 15) is 9.59 Å². The smallest absolute Gasteiger partial charge is 0.262 e. The Morgan fingerprint density at radius 1 is 1.00 bits per heavy atom. The molecule has 9 heteroatoms. The summed E-state index contributed by atoms with van der Waals surface area (Å²) < 4.78 is 23.2. The Morgan fingerprint density at radius 2 is 1.70 bits per heavy atom. The molecule has 0 radical (unpaired) electrons. The first-order valence-electron chi connectivity index (χ1n) is 17.8. The molecule has 3 saturated heterocycles. The molecule has 0 bridgehead atoms. The maximum atomic E-state index is 17.8. The molecule has 256 valence electrons. The molecule has 6 rings (SSSR count). The number of nitrogens with zero attached hydrogens (tertiary/aromatic N) is 3. The Bertz CT molecular complexity index is 1410. The van der Waals surface area contributed by atoms with Gasteiger partial charge in [-0.1, -0.05) is 50.1 Å². The normalized spacial score (nSPS) is 30.5. The number of rotatable bonds is 8. The van der Waals surface area contributed by atoms with Crippen LogP contribution in [0.4, 0.5) is 10.1 Å². The number of amides is 2. The van der Waals surface area contributed by atoms with Gasteiger partial charge in [0.25, 0.3) is 5.91 Å². The molecule has 4 atom stereocenters. The van der Waals surface area contributed by atoms with Crippen molar-refractivity contribution < 1.29 is 18.7 Å². The van der Waals surface area contributed by atoms with E-state index < -0.39 is 11.6 Å². The first-order valence-corrected chi connectivity index (χ1v) is 18.1. The topological polar surface area (TPSA) is 65.1 Å². The van der Waals surface area contributed by atoms with Gasteiger partial charge in [-0.3, -0.25) is 14.5 Å². The Kier molecular flexibility index (Phi) is 10.4. The molecule has 0 unspecified atom stereocenters. The van der Waals surface area contributed by atoms with E-state index in [1.54, 1.807) is 14.2 Å². The molecule has 2 aromatic rings. The number of ether oxygens (including phenoxy) is 1. The summed E-state index contributed by atoms with van der Waals surface area (Å²) in [4.78, 5) is 33.3. The van der Waals surface area contributed by atoms with Crippen LogP contribution in [-0.4, -0.2) is 86.8 Å². The van der Waals surface area contributed by atoms with Gasteiger partial charge < -0.3 is 19.9 Å². The molecule has 4 aliphatic rings. The molecule has 7 nitrogen and oxygen atoms in total. The van der Waals surface area contributed by atoms with Gasteiger partial charge in [0.15, 0.2) is 0 Å². The van der Waals surface area contributed by atoms with E-state index in [2.05, 4.69) is 35.0 Å². The first kappa shape index (κ1) is 34.0. The summed E-state index contributed by atoms with van der Waals surface area (Å²) in [5, 5.41) is 3.47. The van der Waals surface area contributed by atoms with Gasteiger partial charge in [-0.2, -0.15) is 0 Å². The lowest BCUT2D eigenvalue weighted by molar-refractivity contribution is -0.143. The fourth-order valence-corrected chi connectivity index (χ4v) is 9.08. The van der Waals surface area contributed by atoms with Crippen molar-refractivity contribution in [1.29, 1.82) is 0 Å². The van der Waals surface area contributed by atoms with Crippen molar-refractivity contribution in [1.82, 2.24) is 15.1 Å². The van der Waals surface area contributed by atoms with Gasteiger partial charge in [0, 0.05) is 80.8 Å². The zero-order valence-electron chi connectivity index (χ0n) is 28.5. The summed E-state index contributed by atoms with van der Waals surface area (Å²) in [7, 11) is 3.33. The SMILES string of the molecule is CC[C@H]1CN(C(=O)[C@]2(F)CN(C3CCC(C)CC3)C[C@H]2c2ccc(OC)cc2)C[C@@H]1c1ccc(Cl)cc1N1CCC(C(=O)NC)CC1. The van der Waals surface area contributed by atoms with Crippen molar-refractivity contribution in [3.8, 4) is 5.75 Å². The fourth-order valence-electron chi connectivity index (χ4n) is 8.91. The van der Waals surface area contributed by atoms with E-state index in [0.717, 1.165) is 75.0 Å². The minimum absolute atomic E-state index is 0.0178. The van der Waals surface area contributed by atoms with E-state index in [1.165, 1.54) is 5.56 Å². The minimum atomic E-state index is -2.00. The highest BCUT2D eigenvalue weighted by molar-refractivity contribution is 6.30. The maximum absolute atomic E-state index is 17.8. The van der Waals surface area contributed by atoms with Crippen molar-refractivity contribution in [2.45, 2.75) is 82.3 Å². The molecule has 1 N–H and O–H groups in total. The number of methoxy groups -OCH3 is 1. The first-order chi connectivity index (χ1) is 22.6. The lowest BCUT2D eigenvalue weighted by Crippen LogP contribution is -2.50. The number of carbonyl (C=O) groups is 2. The average molecular weight is 667 g/mol. The third-order valence-electron chi connectivity index (χ3n) is 11.9. The van der Waals surface area contributed by atoms with E-state index in [0.29, 0.717) is 36.6 Å². The summed E-state index contributed by atoms with van der Waals surface area (Å²) in [5.41, 5.74) is 1.10. The van der Waals surface area contributed by atoms with Gasteiger partial charge in [0.2, 0.25) is 11.6 Å². The van der Waals surface area contributed by atoms with E-state index in [4.69, 9.17) is 16.3 Å². The second-order valence-electron chi connectivity index (χ2n) is 14.6. The van der Waals surface area contributed by atoms with Crippen LogP contribution in [0.15, 0.2) is 42.5 Å². The minimum Gasteiger partial charge on any atom is -0.497 e. The van der Waals surface area contributed by atoms with Gasteiger partial charge >= 0.3 is 0 Å². The van der Waals surface area contributed by atoms with Crippen LogP contribution in [0.1, 0.15) is 81.8 Å². The molecule has 1 aliphatic carbocycles. The summed E-state index contributed by atoms with van der Waals surface area (Å²) in [6.07, 6.45) is 6.88. The van der Waals surface area contributed by atoms with Crippen LogP contribution in [0.3, 0.4) is 0 Å². The van der Waals surface area contributed by atoms with E-state index in [-0.39, 0.29) is 36.1 Å². The third-order valence-corrected chi connectivity index (χ3v) is 12.1. The van der Waals surface area contributed by atoms with Crippen LogP contribution in [0.25, 0.3) is 0 Å². The number of piperidine rings is 1. The van der Waals surface area contributed by atoms with E-state index in [1.807, 2.05) is 41.3 Å². The van der Waals surface area contributed by atoms with Crippen LogP contribution in [0, 0.1) is 17.8 Å². The number of benzene rings is 2.